The van der Waals surface area contributed by atoms with Crippen LogP contribution in [0, 0.1) is 35.0 Å². The molecule has 1 aromatic rings. The molecule has 1 aromatic carbocycles. The molecule has 1 fully saturated rings. The Balaban J connectivity index is 2.38. The molecule has 5 atom stereocenters. The number of methoxy groups -OCH3 is 2. The van der Waals surface area contributed by atoms with Crippen molar-refractivity contribution < 1.29 is 47.6 Å². The Kier molecular flexibility index (Phi) is 17.5. The van der Waals surface area contributed by atoms with Crippen molar-refractivity contribution in [3.8, 4) is 11.5 Å². The first-order valence-electron chi connectivity index (χ1n) is 18.1. The highest BCUT2D eigenvalue weighted by molar-refractivity contribution is 5.83. The van der Waals surface area contributed by atoms with Gasteiger partial charge >= 0.3 is 12.1 Å². The molecule has 1 aliphatic rings. The monoisotopic (exact) mass is 721 g/mol. The van der Waals surface area contributed by atoms with Gasteiger partial charge in [0, 0.05) is 39.5 Å². The van der Waals surface area contributed by atoms with Crippen LogP contribution >= 0.6 is 0 Å². The van der Waals surface area contributed by atoms with Gasteiger partial charge in [0.2, 0.25) is 18.1 Å². The van der Waals surface area contributed by atoms with Gasteiger partial charge in [-0.1, -0.05) is 47.6 Å². The fourth-order valence-corrected chi connectivity index (χ4v) is 5.82. The number of rotatable bonds is 21. The first kappa shape index (κ1) is 43.6. The maximum atomic E-state index is 13.6. The molecule has 13 heteroatoms. The van der Waals surface area contributed by atoms with E-state index in [0.29, 0.717) is 44.0 Å². The molecule has 0 spiro atoms. The largest absolute Gasteiger partial charge is 0.493 e. The van der Waals surface area contributed by atoms with Gasteiger partial charge in [0.25, 0.3) is 0 Å². The smallest absolute Gasteiger partial charge is 0.415 e. The minimum absolute atomic E-state index is 0.0486. The van der Waals surface area contributed by atoms with E-state index in [0.717, 1.165) is 12.0 Å². The van der Waals surface area contributed by atoms with Gasteiger partial charge in [0.05, 0.1) is 37.2 Å². The quantitative estimate of drug-likeness (QED) is 0.0965. The normalized spacial score (nSPS) is 18.0. The predicted octanol–water partition coefficient (Wildman–Crippen LogP) is 5.31. The molecular formula is C38H63N3O10. The van der Waals surface area contributed by atoms with E-state index in [4.69, 9.17) is 34.2 Å². The second-order valence-corrected chi connectivity index (χ2v) is 15.1. The Morgan fingerprint density at radius 3 is 2.22 bits per heavy atom. The van der Waals surface area contributed by atoms with Crippen molar-refractivity contribution in [1.29, 1.82) is 0 Å². The number of hydrogen-bond donors (Lipinski definition) is 2. The van der Waals surface area contributed by atoms with Gasteiger partial charge < -0.3 is 39.5 Å². The average Bonchev–Trinajstić information content (AvgIpc) is 3.45. The fraction of sp³-hybridized carbons (Fsp3) is 0.737. The summed E-state index contributed by atoms with van der Waals surface area (Å²) in [6.45, 7) is 17.6. The van der Waals surface area contributed by atoms with Crippen molar-refractivity contribution >= 4 is 23.9 Å². The number of hydrogen-bond acceptors (Lipinski definition) is 10. The van der Waals surface area contributed by atoms with Crippen molar-refractivity contribution in [2.24, 2.45) is 40.7 Å². The van der Waals surface area contributed by atoms with Crippen LogP contribution < -0.4 is 20.5 Å². The van der Waals surface area contributed by atoms with Gasteiger partial charge in [-0.2, -0.15) is 0 Å². The van der Waals surface area contributed by atoms with Crippen LogP contribution in [0.4, 0.5) is 4.79 Å². The molecule has 3 N–H and O–H groups in total. The van der Waals surface area contributed by atoms with Crippen molar-refractivity contribution in [1.82, 2.24) is 10.2 Å². The number of nitrogens with two attached hydrogens (primary N) is 1. The molecule has 2 rings (SSSR count). The number of nitrogens with zero attached hydrogens (tertiary/aromatic N) is 1. The minimum Gasteiger partial charge on any atom is -0.493 e. The lowest BCUT2D eigenvalue weighted by molar-refractivity contribution is -0.170. The second kappa shape index (κ2) is 20.5. The van der Waals surface area contributed by atoms with E-state index < -0.39 is 47.7 Å². The van der Waals surface area contributed by atoms with Gasteiger partial charge in [-0.15, -0.1) is 0 Å². The molecule has 1 saturated heterocycles. The third-order valence-electron chi connectivity index (χ3n) is 9.47. The molecular weight excluding hydrogens is 658 g/mol. The summed E-state index contributed by atoms with van der Waals surface area (Å²) in [6, 6.07) is 5.46. The SMILES string of the molecule is COCCCOc1cc(CC(CC2C(CC(C(=O)NCC(C)(C)C(N)=O)C(C)C)OCN2C(=O)OC(C)OC(=O)C(C)C)C(C)C)ccc1OC. The molecule has 290 valence electrons. The highest BCUT2D eigenvalue weighted by atomic mass is 16.7. The Hall–Kier alpha value is -3.58. The minimum atomic E-state index is -1.10. The van der Waals surface area contributed by atoms with Crippen LogP contribution in [0.3, 0.4) is 0 Å². The molecule has 0 radical (unpaired) electrons. The summed E-state index contributed by atoms with van der Waals surface area (Å²) in [7, 11) is 3.26. The summed E-state index contributed by atoms with van der Waals surface area (Å²) in [6.07, 6.45) is 0.0396. The maximum Gasteiger partial charge on any atom is 0.415 e. The summed E-state index contributed by atoms with van der Waals surface area (Å²) in [5, 5.41) is 2.91. The van der Waals surface area contributed by atoms with Gasteiger partial charge in [0.15, 0.2) is 11.5 Å². The summed E-state index contributed by atoms with van der Waals surface area (Å²) < 4.78 is 33.9. The zero-order valence-corrected chi connectivity index (χ0v) is 32.6. The number of carbonyl (C=O) groups is 4. The third kappa shape index (κ3) is 13.5. The van der Waals surface area contributed by atoms with Gasteiger partial charge in [0.1, 0.15) is 6.73 Å². The first-order valence-corrected chi connectivity index (χ1v) is 18.1. The van der Waals surface area contributed by atoms with E-state index in [1.54, 1.807) is 41.9 Å². The number of nitrogens with one attached hydrogen (secondary N) is 1. The van der Waals surface area contributed by atoms with Crippen molar-refractivity contribution in [3.05, 3.63) is 23.8 Å². The lowest BCUT2D eigenvalue weighted by atomic mass is 9.80. The zero-order valence-electron chi connectivity index (χ0n) is 32.6. The lowest BCUT2D eigenvalue weighted by Gasteiger charge is -2.33. The number of ether oxygens (including phenoxy) is 6. The topological polar surface area (TPSA) is 165 Å². The molecule has 1 heterocycles. The molecule has 0 saturated carbocycles. The van der Waals surface area contributed by atoms with Crippen LogP contribution in [0.2, 0.25) is 0 Å². The van der Waals surface area contributed by atoms with Crippen LogP contribution in [0.25, 0.3) is 0 Å². The van der Waals surface area contributed by atoms with E-state index >= 15 is 0 Å². The van der Waals surface area contributed by atoms with Crippen molar-refractivity contribution in [2.75, 3.05) is 40.7 Å². The highest BCUT2D eigenvalue weighted by Crippen LogP contribution is 2.36. The molecule has 51 heavy (non-hydrogen) atoms. The summed E-state index contributed by atoms with van der Waals surface area (Å²) in [5.74, 6) is -0.533. The Morgan fingerprint density at radius 1 is 0.961 bits per heavy atom. The molecule has 0 aromatic heterocycles. The van der Waals surface area contributed by atoms with E-state index in [9.17, 15) is 19.2 Å². The predicted molar refractivity (Wildman–Crippen MR) is 193 cm³/mol. The van der Waals surface area contributed by atoms with E-state index in [-0.39, 0.29) is 42.9 Å². The van der Waals surface area contributed by atoms with Gasteiger partial charge in [-0.3, -0.25) is 19.3 Å². The maximum absolute atomic E-state index is 13.6. The Morgan fingerprint density at radius 2 is 1.65 bits per heavy atom. The number of esters is 1. The van der Waals surface area contributed by atoms with E-state index in [1.807, 2.05) is 32.0 Å². The highest BCUT2D eigenvalue weighted by Gasteiger charge is 2.43. The number of carbonyl (C=O) groups excluding carboxylic acids is 4. The van der Waals surface area contributed by atoms with Gasteiger partial charge in [-0.25, -0.2) is 4.79 Å². The fourth-order valence-electron chi connectivity index (χ4n) is 5.82. The van der Waals surface area contributed by atoms with E-state index in [2.05, 4.69) is 19.2 Å². The molecule has 5 unspecified atom stereocenters. The van der Waals surface area contributed by atoms with Crippen LogP contribution in [0.1, 0.15) is 87.1 Å². The summed E-state index contributed by atoms with van der Waals surface area (Å²) >= 11 is 0. The molecule has 0 bridgehead atoms. The second-order valence-electron chi connectivity index (χ2n) is 15.1. The standard InChI is InChI=1S/C38H63N3O10/c1-23(2)28(17-27-13-14-31(47-11)33(18-27)48-16-12-15-46-10)19-30-32(20-29(24(3)4)34(42)40-21-38(8,9)36(39)44)49-22-41(30)37(45)51-26(7)50-35(43)25(5)6/h13-14,18,23-26,28-30,32H,12,15-17,19-22H2,1-11H3,(H2,39,44)(H,40,42). The first-order chi connectivity index (χ1) is 23.9. The van der Waals surface area contributed by atoms with Crippen LogP contribution in [-0.2, 0) is 39.8 Å². The van der Waals surface area contributed by atoms with Crippen LogP contribution in [0.5, 0.6) is 11.5 Å². The number of amides is 3. The molecule has 3 amide bonds. The lowest BCUT2D eigenvalue weighted by Crippen LogP contribution is -2.47. The summed E-state index contributed by atoms with van der Waals surface area (Å²) in [5.41, 5.74) is 5.67. The van der Waals surface area contributed by atoms with Crippen LogP contribution in [0.15, 0.2) is 18.2 Å². The molecule has 0 aliphatic carbocycles. The number of benzene rings is 1. The Labute approximate surface area is 304 Å². The zero-order chi connectivity index (χ0) is 38.5. The van der Waals surface area contributed by atoms with Crippen molar-refractivity contribution in [2.45, 2.75) is 106 Å². The Bertz CT molecular complexity index is 1280. The van der Waals surface area contributed by atoms with E-state index in [1.165, 1.54) is 11.8 Å². The van der Waals surface area contributed by atoms with Crippen LogP contribution in [-0.4, -0.2) is 87.9 Å². The third-order valence-corrected chi connectivity index (χ3v) is 9.47. The average molecular weight is 722 g/mol. The number of primary amides is 1. The molecule has 13 nitrogen and oxygen atoms in total. The van der Waals surface area contributed by atoms with Crippen molar-refractivity contribution in [3.63, 3.8) is 0 Å². The molecule has 1 aliphatic heterocycles. The van der Waals surface area contributed by atoms with Gasteiger partial charge in [-0.05, 0) is 68.6 Å². The summed E-state index contributed by atoms with van der Waals surface area (Å²) in [4.78, 5) is 52.8.